The molecule has 5 nitrogen and oxygen atoms in total. The lowest BCUT2D eigenvalue weighted by atomic mass is 9.97. The van der Waals surface area contributed by atoms with Gasteiger partial charge in [0, 0.05) is 16.9 Å². The first-order chi connectivity index (χ1) is 9.16. The Labute approximate surface area is 126 Å². The maximum atomic E-state index is 12.4. The van der Waals surface area contributed by atoms with Gasteiger partial charge in [0.05, 0.1) is 16.5 Å². The van der Waals surface area contributed by atoms with E-state index >= 15 is 0 Å². The molecule has 20 heavy (non-hydrogen) atoms. The zero-order valence-electron chi connectivity index (χ0n) is 11.4. The summed E-state index contributed by atoms with van der Waals surface area (Å²) in [7, 11) is -3.46. The molecule has 0 bridgehead atoms. The highest BCUT2D eigenvalue weighted by Gasteiger charge is 2.38. The molecule has 2 rings (SSSR count). The number of rotatable bonds is 3. The Balaban J connectivity index is 2.69. The Morgan fingerprint density at radius 2 is 2.05 bits per heavy atom. The number of carboxylic acid groups (broad SMARTS) is 1. The Bertz CT molecular complexity index is 669. The van der Waals surface area contributed by atoms with Crippen LogP contribution in [0, 0.1) is 0 Å². The van der Waals surface area contributed by atoms with Gasteiger partial charge in [0.2, 0.25) is 10.0 Å². The van der Waals surface area contributed by atoms with Crippen LogP contribution in [0.4, 0.5) is 5.69 Å². The van der Waals surface area contributed by atoms with E-state index in [4.69, 9.17) is 0 Å². The van der Waals surface area contributed by atoms with Crippen molar-refractivity contribution in [3.8, 4) is 0 Å². The van der Waals surface area contributed by atoms with E-state index in [-0.39, 0.29) is 18.0 Å². The molecular formula is C13H16BrNO4S. The minimum Gasteiger partial charge on any atom is -0.478 e. The Hall–Kier alpha value is -1.08. The average molecular weight is 362 g/mol. The normalized spacial score (nSPS) is 18.4. The van der Waals surface area contributed by atoms with E-state index in [1.54, 1.807) is 19.9 Å². The topological polar surface area (TPSA) is 74.7 Å². The Kier molecular flexibility index (Phi) is 3.85. The fraction of sp³-hybridized carbons (Fsp3) is 0.462. The molecule has 0 aliphatic carbocycles. The maximum absolute atomic E-state index is 12.4. The molecule has 1 N–H and O–H groups in total. The number of aromatic carboxylic acids is 1. The van der Waals surface area contributed by atoms with Crippen molar-refractivity contribution in [3.05, 3.63) is 27.7 Å². The second-order valence-electron chi connectivity index (χ2n) is 5.22. The van der Waals surface area contributed by atoms with Gasteiger partial charge in [-0.1, -0.05) is 22.9 Å². The molecule has 110 valence electrons. The summed E-state index contributed by atoms with van der Waals surface area (Å²) in [5.74, 6) is -1.18. The van der Waals surface area contributed by atoms with Gasteiger partial charge in [0.1, 0.15) is 0 Å². The molecule has 0 saturated carbocycles. The fourth-order valence-corrected chi connectivity index (χ4v) is 4.25. The van der Waals surface area contributed by atoms with E-state index in [0.717, 1.165) is 0 Å². The maximum Gasteiger partial charge on any atom is 0.336 e. The summed E-state index contributed by atoms with van der Waals surface area (Å²) >= 11 is 3.25. The lowest BCUT2D eigenvalue weighted by Crippen LogP contribution is -2.35. The standard InChI is InChI=1S/C13H16BrNO4S/c1-7(2)20(18,19)15-6-8(3)12-10(13(16)17)4-9(14)5-11(12)15/h4-5,7-8H,6H2,1-3H3,(H,16,17). The van der Waals surface area contributed by atoms with Gasteiger partial charge in [-0.3, -0.25) is 4.31 Å². The Morgan fingerprint density at radius 1 is 1.45 bits per heavy atom. The molecule has 0 spiro atoms. The van der Waals surface area contributed by atoms with Gasteiger partial charge in [0.25, 0.3) is 0 Å². The van der Waals surface area contributed by atoms with Crippen LogP contribution in [-0.2, 0) is 10.0 Å². The number of carboxylic acids is 1. The number of nitrogens with zero attached hydrogens (tertiary/aromatic N) is 1. The van der Waals surface area contributed by atoms with Crippen LogP contribution >= 0.6 is 15.9 Å². The van der Waals surface area contributed by atoms with Crippen LogP contribution in [0.2, 0.25) is 0 Å². The van der Waals surface area contributed by atoms with Crippen LogP contribution in [0.1, 0.15) is 42.6 Å². The van der Waals surface area contributed by atoms with E-state index < -0.39 is 21.2 Å². The van der Waals surface area contributed by atoms with Crippen molar-refractivity contribution < 1.29 is 18.3 Å². The van der Waals surface area contributed by atoms with Crippen LogP contribution < -0.4 is 4.31 Å². The van der Waals surface area contributed by atoms with Gasteiger partial charge < -0.3 is 5.11 Å². The van der Waals surface area contributed by atoms with E-state index in [2.05, 4.69) is 15.9 Å². The van der Waals surface area contributed by atoms with Crippen LogP contribution in [0.5, 0.6) is 0 Å². The number of anilines is 1. The number of halogens is 1. The van der Waals surface area contributed by atoms with Crippen molar-refractivity contribution in [2.24, 2.45) is 0 Å². The molecule has 0 aromatic heterocycles. The zero-order valence-corrected chi connectivity index (χ0v) is 13.8. The molecule has 1 atom stereocenters. The minimum atomic E-state index is -3.46. The molecule has 1 aromatic carbocycles. The Morgan fingerprint density at radius 3 is 2.55 bits per heavy atom. The molecule has 1 aliphatic rings. The monoisotopic (exact) mass is 361 g/mol. The number of carbonyl (C=O) groups is 1. The van der Waals surface area contributed by atoms with Crippen molar-refractivity contribution in [2.75, 3.05) is 10.8 Å². The predicted octanol–water partition coefficient (Wildman–Crippen LogP) is 2.81. The second kappa shape index (κ2) is 5.04. The third-order valence-electron chi connectivity index (χ3n) is 3.46. The van der Waals surface area contributed by atoms with Gasteiger partial charge in [-0.05, 0) is 31.5 Å². The van der Waals surface area contributed by atoms with E-state index in [1.165, 1.54) is 10.4 Å². The fourth-order valence-electron chi connectivity index (χ4n) is 2.44. The number of sulfonamides is 1. The molecular weight excluding hydrogens is 346 g/mol. The van der Waals surface area contributed by atoms with Crippen LogP contribution in [0.3, 0.4) is 0 Å². The molecule has 1 heterocycles. The van der Waals surface area contributed by atoms with Crippen molar-refractivity contribution in [1.82, 2.24) is 0 Å². The van der Waals surface area contributed by atoms with Crippen LogP contribution in [0.15, 0.2) is 16.6 Å². The molecule has 7 heteroatoms. The summed E-state index contributed by atoms with van der Waals surface area (Å²) in [6.45, 7) is 5.36. The highest BCUT2D eigenvalue weighted by atomic mass is 79.9. The first-order valence-electron chi connectivity index (χ1n) is 6.24. The van der Waals surface area contributed by atoms with E-state index in [1.807, 2.05) is 6.92 Å². The molecule has 0 fully saturated rings. The zero-order chi connectivity index (χ0) is 15.2. The average Bonchev–Trinajstić information content (AvgIpc) is 2.65. The predicted molar refractivity (Wildman–Crippen MR) is 80.9 cm³/mol. The summed E-state index contributed by atoms with van der Waals surface area (Å²) in [4.78, 5) is 11.4. The summed E-state index contributed by atoms with van der Waals surface area (Å²) in [6.07, 6.45) is 0. The third kappa shape index (κ3) is 2.33. The molecule has 0 amide bonds. The van der Waals surface area contributed by atoms with E-state index in [0.29, 0.717) is 15.7 Å². The van der Waals surface area contributed by atoms with Gasteiger partial charge in [-0.25, -0.2) is 13.2 Å². The lowest BCUT2D eigenvalue weighted by molar-refractivity contribution is 0.0695. The van der Waals surface area contributed by atoms with Gasteiger partial charge in [-0.15, -0.1) is 0 Å². The third-order valence-corrected chi connectivity index (χ3v) is 6.07. The number of hydrogen-bond donors (Lipinski definition) is 1. The molecule has 1 unspecified atom stereocenters. The van der Waals surface area contributed by atoms with E-state index in [9.17, 15) is 18.3 Å². The van der Waals surface area contributed by atoms with Crippen molar-refractivity contribution in [1.29, 1.82) is 0 Å². The highest BCUT2D eigenvalue weighted by molar-refractivity contribution is 9.10. The summed E-state index contributed by atoms with van der Waals surface area (Å²) in [5.41, 5.74) is 1.21. The quantitative estimate of drug-likeness (QED) is 0.897. The second-order valence-corrected chi connectivity index (χ2v) is 8.55. The number of benzene rings is 1. The summed E-state index contributed by atoms with van der Waals surface area (Å²) in [5, 5.41) is 8.75. The summed E-state index contributed by atoms with van der Waals surface area (Å²) < 4.78 is 26.7. The SMILES string of the molecule is CC1CN(S(=O)(=O)C(C)C)c2cc(Br)cc(C(=O)O)c21. The first kappa shape index (κ1) is 15.3. The molecule has 0 saturated heterocycles. The van der Waals surface area contributed by atoms with Crippen molar-refractivity contribution in [3.63, 3.8) is 0 Å². The van der Waals surface area contributed by atoms with Crippen LogP contribution in [-0.4, -0.2) is 31.3 Å². The number of fused-ring (bicyclic) bond motifs is 1. The van der Waals surface area contributed by atoms with Crippen molar-refractivity contribution >= 4 is 37.6 Å². The summed E-state index contributed by atoms with van der Waals surface area (Å²) in [6, 6.07) is 3.19. The van der Waals surface area contributed by atoms with Gasteiger partial charge in [-0.2, -0.15) is 0 Å². The minimum absolute atomic E-state index is 0.141. The first-order valence-corrected chi connectivity index (χ1v) is 8.54. The molecule has 1 aromatic rings. The van der Waals surface area contributed by atoms with Crippen molar-refractivity contribution in [2.45, 2.75) is 31.9 Å². The molecule has 0 radical (unpaired) electrons. The smallest absolute Gasteiger partial charge is 0.336 e. The highest BCUT2D eigenvalue weighted by Crippen LogP contribution is 2.42. The molecule has 1 aliphatic heterocycles. The van der Waals surface area contributed by atoms with Gasteiger partial charge >= 0.3 is 5.97 Å². The lowest BCUT2D eigenvalue weighted by Gasteiger charge is -2.22. The van der Waals surface area contributed by atoms with Gasteiger partial charge in [0.15, 0.2) is 0 Å². The van der Waals surface area contributed by atoms with Crippen LogP contribution in [0.25, 0.3) is 0 Å². The number of hydrogen-bond acceptors (Lipinski definition) is 3. The largest absolute Gasteiger partial charge is 0.478 e.